The molecule has 6 nitrogen and oxygen atoms in total. The van der Waals surface area contributed by atoms with E-state index >= 15 is 0 Å². The second kappa shape index (κ2) is 10.7. The molecule has 1 saturated carbocycles. The van der Waals surface area contributed by atoms with Crippen molar-refractivity contribution in [1.29, 1.82) is 5.26 Å². The van der Waals surface area contributed by atoms with Gasteiger partial charge in [0.2, 0.25) is 0 Å². The van der Waals surface area contributed by atoms with Crippen molar-refractivity contribution >= 4 is 11.7 Å². The number of carbonyl (C=O) groups excluding carboxylic acids is 1. The fraction of sp³-hybridized carbons (Fsp3) is 0.417. The van der Waals surface area contributed by atoms with Gasteiger partial charge in [-0.25, -0.2) is 0 Å². The summed E-state index contributed by atoms with van der Waals surface area (Å²) in [6.07, 6.45) is 3.75. The molecule has 1 fully saturated rings. The Morgan fingerprint density at radius 3 is 2.60 bits per heavy atom. The first-order valence-electron chi connectivity index (χ1n) is 10.5. The van der Waals surface area contributed by atoms with Gasteiger partial charge in [-0.05, 0) is 67.3 Å². The van der Waals surface area contributed by atoms with Crippen molar-refractivity contribution < 1.29 is 14.3 Å². The topological polar surface area (TPSA) is 83.4 Å². The zero-order valence-corrected chi connectivity index (χ0v) is 17.6. The van der Waals surface area contributed by atoms with E-state index in [0.29, 0.717) is 18.2 Å². The van der Waals surface area contributed by atoms with Gasteiger partial charge >= 0.3 is 5.97 Å². The van der Waals surface area contributed by atoms with Crippen LogP contribution in [0.15, 0.2) is 42.5 Å². The number of benzene rings is 2. The van der Waals surface area contributed by atoms with Gasteiger partial charge in [0.05, 0.1) is 24.3 Å². The number of hydrogen-bond acceptors (Lipinski definition) is 6. The standard InChI is InChI=1S/C24H29N3O3/c1-3-29-23-12-19(15-26-21-5-4-6-21)11-20(13-23)24(16-30-17(2)28)27-22-9-7-18(14-25)8-10-22/h7-13,21,24,26-27H,3-6,15-16H2,1-2H3. The molecule has 3 rings (SSSR count). The van der Waals surface area contributed by atoms with E-state index in [-0.39, 0.29) is 18.6 Å². The van der Waals surface area contributed by atoms with Gasteiger partial charge in [-0.15, -0.1) is 0 Å². The van der Waals surface area contributed by atoms with Crippen molar-refractivity contribution in [2.75, 3.05) is 18.5 Å². The molecule has 0 aromatic heterocycles. The molecule has 2 aromatic rings. The fourth-order valence-corrected chi connectivity index (χ4v) is 3.38. The Labute approximate surface area is 178 Å². The Morgan fingerprint density at radius 1 is 1.23 bits per heavy atom. The summed E-state index contributed by atoms with van der Waals surface area (Å²) in [5.41, 5.74) is 3.57. The summed E-state index contributed by atoms with van der Waals surface area (Å²) < 4.78 is 11.1. The molecule has 0 aliphatic heterocycles. The normalized spacial score (nSPS) is 14.3. The molecule has 1 aliphatic carbocycles. The lowest BCUT2D eigenvalue weighted by atomic mass is 9.93. The van der Waals surface area contributed by atoms with Gasteiger partial charge in [-0.2, -0.15) is 5.26 Å². The second-order valence-corrected chi connectivity index (χ2v) is 7.54. The number of rotatable bonds is 10. The van der Waals surface area contributed by atoms with Crippen molar-refractivity contribution in [2.24, 2.45) is 0 Å². The molecule has 0 saturated heterocycles. The molecule has 1 atom stereocenters. The predicted molar refractivity (Wildman–Crippen MR) is 116 cm³/mol. The quantitative estimate of drug-likeness (QED) is 0.571. The minimum Gasteiger partial charge on any atom is -0.494 e. The highest BCUT2D eigenvalue weighted by atomic mass is 16.5. The highest BCUT2D eigenvalue weighted by molar-refractivity contribution is 5.66. The summed E-state index contributed by atoms with van der Waals surface area (Å²) in [7, 11) is 0. The Kier molecular flexibility index (Phi) is 7.69. The molecule has 1 aliphatic rings. The molecule has 0 bridgehead atoms. The summed E-state index contributed by atoms with van der Waals surface area (Å²) in [6.45, 7) is 4.92. The van der Waals surface area contributed by atoms with Crippen LogP contribution in [0.4, 0.5) is 5.69 Å². The van der Waals surface area contributed by atoms with Gasteiger partial charge in [0, 0.05) is 25.2 Å². The van der Waals surface area contributed by atoms with Gasteiger partial charge < -0.3 is 20.1 Å². The lowest BCUT2D eigenvalue weighted by Gasteiger charge is -2.27. The average Bonchev–Trinajstić information content (AvgIpc) is 2.70. The van der Waals surface area contributed by atoms with Crippen LogP contribution in [-0.2, 0) is 16.1 Å². The molecule has 1 unspecified atom stereocenters. The molecule has 0 amide bonds. The Balaban J connectivity index is 1.83. The van der Waals surface area contributed by atoms with E-state index in [2.05, 4.69) is 28.8 Å². The van der Waals surface area contributed by atoms with Crippen LogP contribution in [0, 0.1) is 11.3 Å². The van der Waals surface area contributed by atoms with Gasteiger partial charge in [-0.1, -0.05) is 12.5 Å². The molecule has 0 heterocycles. The first-order chi connectivity index (χ1) is 14.6. The van der Waals surface area contributed by atoms with Gasteiger partial charge in [0.15, 0.2) is 0 Å². The molecular formula is C24H29N3O3. The van der Waals surface area contributed by atoms with Crippen LogP contribution in [0.5, 0.6) is 5.75 Å². The second-order valence-electron chi connectivity index (χ2n) is 7.54. The van der Waals surface area contributed by atoms with Crippen LogP contribution < -0.4 is 15.4 Å². The minimum absolute atomic E-state index is 0.195. The molecule has 158 valence electrons. The van der Waals surface area contributed by atoms with E-state index in [4.69, 9.17) is 14.7 Å². The largest absolute Gasteiger partial charge is 0.494 e. The van der Waals surface area contributed by atoms with Crippen LogP contribution in [0.2, 0.25) is 0 Å². The van der Waals surface area contributed by atoms with Crippen molar-refractivity contribution in [1.82, 2.24) is 5.32 Å². The van der Waals surface area contributed by atoms with E-state index in [9.17, 15) is 4.79 Å². The van der Waals surface area contributed by atoms with Gasteiger partial charge in [0.1, 0.15) is 12.4 Å². The Bertz CT molecular complexity index is 886. The maximum atomic E-state index is 11.4. The number of anilines is 1. The zero-order chi connectivity index (χ0) is 21.3. The molecular weight excluding hydrogens is 378 g/mol. The highest BCUT2D eigenvalue weighted by Crippen LogP contribution is 2.27. The number of esters is 1. The van der Waals surface area contributed by atoms with Crippen LogP contribution in [-0.4, -0.2) is 25.2 Å². The van der Waals surface area contributed by atoms with Crippen LogP contribution in [0.25, 0.3) is 0 Å². The lowest BCUT2D eigenvalue weighted by molar-refractivity contribution is -0.141. The smallest absolute Gasteiger partial charge is 0.302 e. The Hall–Kier alpha value is -3.04. The summed E-state index contributed by atoms with van der Waals surface area (Å²) in [6, 6.07) is 15.9. The van der Waals surface area contributed by atoms with Crippen molar-refractivity contribution in [2.45, 2.75) is 51.7 Å². The maximum absolute atomic E-state index is 11.4. The molecule has 0 radical (unpaired) electrons. The average molecular weight is 408 g/mol. The maximum Gasteiger partial charge on any atom is 0.302 e. The molecule has 2 aromatic carbocycles. The van der Waals surface area contributed by atoms with Gasteiger partial charge in [0.25, 0.3) is 0 Å². The van der Waals surface area contributed by atoms with Crippen molar-refractivity contribution in [3.63, 3.8) is 0 Å². The third-order valence-corrected chi connectivity index (χ3v) is 5.21. The first-order valence-corrected chi connectivity index (χ1v) is 10.5. The number of carbonyl (C=O) groups is 1. The molecule has 30 heavy (non-hydrogen) atoms. The SMILES string of the molecule is CCOc1cc(CNC2CCC2)cc(C(COC(C)=O)Nc2ccc(C#N)cc2)c1. The minimum atomic E-state index is -0.325. The van der Waals surface area contributed by atoms with Crippen LogP contribution in [0.1, 0.15) is 55.8 Å². The zero-order valence-electron chi connectivity index (χ0n) is 17.6. The summed E-state index contributed by atoms with van der Waals surface area (Å²) in [5, 5.41) is 16.0. The summed E-state index contributed by atoms with van der Waals surface area (Å²) in [4.78, 5) is 11.4. The van der Waals surface area contributed by atoms with Crippen LogP contribution in [0.3, 0.4) is 0 Å². The Morgan fingerprint density at radius 2 is 2.00 bits per heavy atom. The third-order valence-electron chi connectivity index (χ3n) is 5.21. The number of nitrogens with one attached hydrogen (secondary N) is 2. The van der Waals surface area contributed by atoms with Crippen molar-refractivity contribution in [3.05, 3.63) is 59.2 Å². The molecule has 6 heteroatoms. The van der Waals surface area contributed by atoms with E-state index in [1.165, 1.54) is 26.2 Å². The predicted octanol–water partition coefficient (Wildman–Crippen LogP) is 4.32. The number of nitriles is 1. The number of hydrogen-bond donors (Lipinski definition) is 2. The van der Waals surface area contributed by atoms with Crippen LogP contribution >= 0.6 is 0 Å². The van der Waals surface area contributed by atoms with E-state index in [1.54, 1.807) is 12.1 Å². The van der Waals surface area contributed by atoms with E-state index < -0.39 is 0 Å². The number of ether oxygens (including phenoxy) is 2. The fourth-order valence-electron chi connectivity index (χ4n) is 3.38. The first kappa shape index (κ1) is 21.7. The monoisotopic (exact) mass is 407 g/mol. The third kappa shape index (κ3) is 6.23. The van der Waals surface area contributed by atoms with Crippen molar-refractivity contribution in [3.8, 4) is 11.8 Å². The van der Waals surface area contributed by atoms with Gasteiger partial charge in [-0.3, -0.25) is 4.79 Å². The lowest BCUT2D eigenvalue weighted by Crippen LogP contribution is -2.34. The molecule has 2 N–H and O–H groups in total. The molecule has 0 spiro atoms. The number of nitrogens with zero attached hydrogens (tertiary/aromatic N) is 1. The highest BCUT2D eigenvalue weighted by Gasteiger charge is 2.18. The van der Waals surface area contributed by atoms with E-state index in [1.807, 2.05) is 25.1 Å². The van der Waals surface area contributed by atoms with E-state index in [0.717, 1.165) is 29.1 Å². The summed E-state index contributed by atoms with van der Waals surface area (Å²) in [5.74, 6) is 0.476. The summed E-state index contributed by atoms with van der Waals surface area (Å²) >= 11 is 0.